The lowest BCUT2D eigenvalue weighted by atomic mass is 9.63. The first-order valence-electron chi connectivity index (χ1n) is 8.16. The normalized spacial score (nSPS) is 26.1. The van der Waals surface area contributed by atoms with Crippen LogP contribution < -0.4 is 0 Å². The second kappa shape index (κ2) is 6.49. The van der Waals surface area contributed by atoms with Crippen molar-refractivity contribution in [2.24, 2.45) is 22.7 Å². The van der Waals surface area contributed by atoms with Crippen LogP contribution in [0, 0.1) is 22.7 Å². The molecule has 0 aliphatic heterocycles. The summed E-state index contributed by atoms with van der Waals surface area (Å²) < 4.78 is 5.37. The molecule has 20 heavy (non-hydrogen) atoms. The number of carbonyl (C=O) groups is 1. The van der Waals surface area contributed by atoms with Crippen LogP contribution in [0.25, 0.3) is 0 Å². The van der Waals surface area contributed by atoms with Crippen molar-refractivity contribution in [3.63, 3.8) is 0 Å². The van der Waals surface area contributed by atoms with Gasteiger partial charge in [-0.2, -0.15) is 0 Å². The van der Waals surface area contributed by atoms with Gasteiger partial charge in [0.15, 0.2) is 0 Å². The van der Waals surface area contributed by atoms with Crippen LogP contribution in [0.4, 0.5) is 0 Å². The maximum absolute atomic E-state index is 11.1. The maximum atomic E-state index is 11.1. The van der Waals surface area contributed by atoms with E-state index in [9.17, 15) is 4.79 Å². The van der Waals surface area contributed by atoms with Gasteiger partial charge in [-0.1, -0.05) is 41.5 Å². The van der Waals surface area contributed by atoms with Crippen LogP contribution in [-0.4, -0.2) is 12.1 Å². The summed E-state index contributed by atoms with van der Waals surface area (Å²) in [4.78, 5) is 11.1. The van der Waals surface area contributed by atoms with E-state index < -0.39 is 0 Å². The number of carbonyl (C=O) groups excluding carboxylic acids is 1. The smallest absolute Gasteiger partial charge is 0.302 e. The van der Waals surface area contributed by atoms with Crippen molar-refractivity contribution in [1.82, 2.24) is 0 Å². The van der Waals surface area contributed by atoms with Gasteiger partial charge in [0.1, 0.15) is 6.10 Å². The average Bonchev–Trinajstić information content (AvgIpc) is 2.24. The molecule has 0 bridgehead atoms. The van der Waals surface area contributed by atoms with Crippen LogP contribution in [0.15, 0.2) is 0 Å². The standard InChI is InChI=1S/C18H34O2/c1-13(19)20-15-10-8-14(9-11-15)16(18(5,6)7)12-17(2,3)4/h14-16H,8-12H2,1-7H3. The van der Waals surface area contributed by atoms with Gasteiger partial charge in [-0.25, -0.2) is 0 Å². The summed E-state index contributed by atoms with van der Waals surface area (Å²) in [5.41, 5.74) is 0.733. The Morgan fingerprint density at radius 1 is 1.05 bits per heavy atom. The highest BCUT2D eigenvalue weighted by atomic mass is 16.5. The Hall–Kier alpha value is -0.530. The van der Waals surface area contributed by atoms with Gasteiger partial charge < -0.3 is 4.74 Å². The second-order valence-corrected chi connectivity index (χ2v) is 8.88. The van der Waals surface area contributed by atoms with E-state index in [-0.39, 0.29) is 12.1 Å². The Balaban J connectivity index is 2.64. The molecule has 0 aromatic rings. The Bertz CT molecular complexity index is 311. The number of esters is 1. The molecule has 118 valence electrons. The highest BCUT2D eigenvalue weighted by molar-refractivity contribution is 5.66. The highest BCUT2D eigenvalue weighted by Crippen LogP contribution is 2.45. The molecule has 1 fully saturated rings. The maximum Gasteiger partial charge on any atom is 0.302 e. The highest BCUT2D eigenvalue weighted by Gasteiger charge is 2.37. The van der Waals surface area contributed by atoms with Crippen LogP contribution in [0.2, 0.25) is 0 Å². The third kappa shape index (κ3) is 5.85. The number of hydrogen-bond acceptors (Lipinski definition) is 2. The van der Waals surface area contributed by atoms with Crippen molar-refractivity contribution in [3.05, 3.63) is 0 Å². The van der Waals surface area contributed by atoms with Crippen LogP contribution in [0.1, 0.15) is 80.6 Å². The molecule has 0 saturated heterocycles. The molecular weight excluding hydrogens is 248 g/mol. The van der Waals surface area contributed by atoms with Crippen LogP contribution in [0.3, 0.4) is 0 Å². The van der Waals surface area contributed by atoms with Crippen molar-refractivity contribution in [1.29, 1.82) is 0 Å². The fourth-order valence-corrected chi connectivity index (χ4v) is 3.68. The van der Waals surface area contributed by atoms with Crippen molar-refractivity contribution >= 4 is 5.97 Å². The first kappa shape index (κ1) is 17.5. The molecule has 0 heterocycles. The zero-order chi connectivity index (χ0) is 15.6. The first-order chi connectivity index (χ1) is 8.99. The second-order valence-electron chi connectivity index (χ2n) is 8.88. The fourth-order valence-electron chi connectivity index (χ4n) is 3.68. The molecule has 0 N–H and O–H groups in total. The van der Waals surface area contributed by atoms with E-state index in [2.05, 4.69) is 41.5 Å². The van der Waals surface area contributed by atoms with Gasteiger partial charge in [-0.15, -0.1) is 0 Å². The molecule has 1 unspecified atom stereocenters. The molecule has 0 amide bonds. The molecule has 0 aromatic carbocycles. The lowest BCUT2D eigenvalue weighted by molar-refractivity contribution is -0.148. The summed E-state index contributed by atoms with van der Waals surface area (Å²) >= 11 is 0. The Labute approximate surface area is 125 Å². The quantitative estimate of drug-likeness (QED) is 0.664. The van der Waals surface area contributed by atoms with E-state index in [1.54, 1.807) is 0 Å². The minimum atomic E-state index is -0.129. The molecule has 2 heteroatoms. The molecule has 2 nitrogen and oxygen atoms in total. The topological polar surface area (TPSA) is 26.3 Å². The Morgan fingerprint density at radius 2 is 1.55 bits per heavy atom. The summed E-state index contributed by atoms with van der Waals surface area (Å²) in [6, 6.07) is 0. The van der Waals surface area contributed by atoms with Gasteiger partial charge in [0.05, 0.1) is 0 Å². The van der Waals surface area contributed by atoms with Gasteiger partial charge in [0.25, 0.3) is 0 Å². The van der Waals surface area contributed by atoms with E-state index in [1.807, 2.05) is 0 Å². The Morgan fingerprint density at radius 3 is 1.90 bits per heavy atom. The SMILES string of the molecule is CC(=O)OC1CCC(C(CC(C)(C)C)C(C)(C)C)CC1. The summed E-state index contributed by atoms with van der Waals surface area (Å²) in [7, 11) is 0. The molecular formula is C18H34O2. The molecule has 1 atom stereocenters. The van der Waals surface area contributed by atoms with Gasteiger partial charge in [0, 0.05) is 6.92 Å². The minimum absolute atomic E-state index is 0.129. The number of ether oxygens (including phenoxy) is 1. The number of rotatable bonds is 3. The largest absolute Gasteiger partial charge is 0.463 e. The fraction of sp³-hybridized carbons (Fsp3) is 0.944. The monoisotopic (exact) mass is 282 g/mol. The van der Waals surface area contributed by atoms with E-state index in [4.69, 9.17) is 4.74 Å². The lowest BCUT2D eigenvalue weighted by Gasteiger charge is -2.43. The molecule has 1 saturated carbocycles. The van der Waals surface area contributed by atoms with Crippen molar-refractivity contribution in [3.8, 4) is 0 Å². The summed E-state index contributed by atoms with van der Waals surface area (Å²) in [6.07, 6.45) is 5.94. The minimum Gasteiger partial charge on any atom is -0.463 e. The van der Waals surface area contributed by atoms with Crippen LogP contribution in [0.5, 0.6) is 0 Å². The van der Waals surface area contributed by atoms with E-state index in [0.29, 0.717) is 10.8 Å². The average molecular weight is 282 g/mol. The van der Waals surface area contributed by atoms with Gasteiger partial charge in [0.2, 0.25) is 0 Å². The van der Waals surface area contributed by atoms with Crippen molar-refractivity contribution in [2.75, 3.05) is 0 Å². The van der Waals surface area contributed by atoms with Gasteiger partial charge >= 0.3 is 5.97 Å². The van der Waals surface area contributed by atoms with Crippen LogP contribution >= 0.6 is 0 Å². The third-order valence-electron chi connectivity index (χ3n) is 4.57. The first-order valence-corrected chi connectivity index (χ1v) is 8.16. The third-order valence-corrected chi connectivity index (χ3v) is 4.57. The molecule has 1 aliphatic rings. The Kier molecular flexibility index (Phi) is 5.69. The number of hydrogen-bond donors (Lipinski definition) is 0. The van der Waals surface area contributed by atoms with Crippen molar-refractivity contribution < 1.29 is 9.53 Å². The molecule has 0 aromatic heterocycles. The molecule has 1 rings (SSSR count). The predicted molar refractivity (Wildman–Crippen MR) is 84.5 cm³/mol. The zero-order valence-corrected chi connectivity index (χ0v) is 14.6. The molecule has 0 radical (unpaired) electrons. The molecule has 1 aliphatic carbocycles. The van der Waals surface area contributed by atoms with E-state index >= 15 is 0 Å². The van der Waals surface area contributed by atoms with Gasteiger partial charge in [-0.05, 0) is 54.8 Å². The lowest BCUT2D eigenvalue weighted by Crippen LogP contribution is -2.35. The molecule has 0 spiro atoms. The predicted octanol–water partition coefficient (Wildman–Crippen LogP) is 5.21. The summed E-state index contributed by atoms with van der Waals surface area (Å²) in [6.45, 7) is 15.7. The van der Waals surface area contributed by atoms with Gasteiger partial charge in [-0.3, -0.25) is 4.79 Å². The van der Waals surface area contributed by atoms with Crippen molar-refractivity contribution in [2.45, 2.75) is 86.7 Å². The summed E-state index contributed by atoms with van der Waals surface area (Å²) in [5, 5.41) is 0. The van der Waals surface area contributed by atoms with E-state index in [0.717, 1.165) is 24.7 Å². The van der Waals surface area contributed by atoms with Crippen LogP contribution in [-0.2, 0) is 9.53 Å². The zero-order valence-electron chi connectivity index (χ0n) is 14.6. The summed E-state index contributed by atoms with van der Waals surface area (Å²) in [5.74, 6) is 1.40. The van der Waals surface area contributed by atoms with E-state index in [1.165, 1.54) is 26.2 Å².